The van der Waals surface area contributed by atoms with E-state index in [0.717, 1.165) is 0 Å². The molecule has 0 bridgehead atoms. The summed E-state index contributed by atoms with van der Waals surface area (Å²) < 4.78 is 10.3. The van der Waals surface area contributed by atoms with Gasteiger partial charge in [0.2, 0.25) is 0 Å². The number of aromatic hydroxyl groups is 1. The molecule has 0 radical (unpaired) electrons. The summed E-state index contributed by atoms with van der Waals surface area (Å²) in [6.45, 7) is -0.534. The Morgan fingerprint density at radius 2 is 1.96 bits per heavy atom. The zero-order valence-corrected chi connectivity index (χ0v) is 14.3. The van der Waals surface area contributed by atoms with E-state index in [4.69, 9.17) is 9.15 Å². The van der Waals surface area contributed by atoms with Crippen LogP contribution in [0.15, 0.2) is 63.0 Å². The summed E-state index contributed by atoms with van der Waals surface area (Å²) in [7, 11) is 1.54. The Labute approximate surface area is 153 Å². The second-order valence-electron chi connectivity index (χ2n) is 5.43. The van der Waals surface area contributed by atoms with Crippen LogP contribution in [0.5, 0.6) is 11.7 Å². The maximum absolute atomic E-state index is 10.9. The van der Waals surface area contributed by atoms with E-state index >= 15 is 0 Å². The smallest absolute Gasteiger partial charge is 0.290 e. The number of hydrogen-bond acceptors (Lipinski definition) is 7. The molecule has 0 atom stereocenters. The van der Waals surface area contributed by atoms with Crippen LogP contribution in [0.2, 0.25) is 0 Å². The molecule has 0 amide bonds. The van der Waals surface area contributed by atoms with Gasteiger partial charge in [0.05, 0.1) is 24.4 Å². The number of methoxy groups -OCH3 is 1. The van der Waals surface area contributed by atoms with Gasteiger partial charge in [-0.15, -0.1) is 0 Å². The monoisotopic (exact) mass is 368 g/mol. The van der Waals surface area contributed by atoms with Crippen LogP contribution in [0, 0.1) is 10.1 Å². The second-order valence-corrected chi connectivity index (χ2v) is 5.43. The number of benzene rings is 2. The van der Waals surface area contributed by atoms with Gasteiger partial charge in [0, 0.05) is 10.3 Å². The van der Waals surface area contributed by atoms with Crippen LogP contribution < -0.4 is 10.2 Å². The highest BCUT2D eigenvalue weighted by Gasteiger charge is 2.11. The van der Waals surface area contributed by atoms with Gasteiger partial charge in [-0.2, -0.15) is 5.10 Å². The molecule has 0 spiro atoms. The molecule has 27 heavy (non-hydrogen) atoms. The van der Waals surface area contributed by atoms with Crippen LogP contribution >= 0.6 is 0 Å². The van der Waals surface area contributed by atoms with Gasteiger partial charge >= 0.3 is 0 Å². The molecule has 0 unspecified atom stereocenters. The van der Waals surface area contributed by atoms with Gasteiger partial charge in [-0.25, -0.2) is 4.99 Å². The number of aliphatic imine (C=N–C) groups is 1. The molecular weight excluding hydrogens is 352 g/mol. The van der Waals surface area contributed by atoms with Crippen molar-refractivity contribution in [3.63, 3.8) is 0 Å². The highest BCUT2D eigenvalue weighted by molar-refractivity contribution is 6.00. The van der Waals surface area contributed by atoms with E-state index in [2.05, 4.69) is 15.5 Å². The SMILES string of the molecule is COc1ccc(N=C(C[N+](=O)[O-])NN=Cc2oc(O)c3ccccc23)cc1. The fourth-order valence-corrected chi connectivity index (χ4v) is 2.39. The van der Waals surface area contributed by atoms with Crippen LogP contribution in [0.3, 0.4) is 0 Å². The Balaban J connectivity index is 1.80. The first-order valence-corrected chi connectivity index (χ1v) is 7.90. The minimum atomic E-state index is -0.534. The largest absolute Gasteiger partial charge is 0.497 e. The molecule has 138 valence electrons. The number of nitro groups is 1. The Kier molecular flexibility index (Phi) is 5.31. The maximum atomic E-state index is 10.9. The van der Waals surface area contributed by atoms with Gasteiger partial charge in [0.15, 0.2) is 11.6 Å². The van der Waals surface area contributed by atoms with Crippen molar-refractivity contribution in [3.05, 3.63) is 64.4 Å². The van der Waals surface area contributed by atoms with Crippen LogP contribution in [-0.2, 0) is 0 Å². The molecule has 0 saturated carbocycles. The molecule has 9 heteroatoms. The standard InChI is InChI=1S/C18H16N4O5/c1-26-13-8-6-12(7-9-13)20-17(11-22(24)25)21-19-10-16-14-4-2-3-5-15(14)18(23)27-16/h2-10,23H,11H2,1H3,(H,20,21). The summed E-state index contributed by atoms with van der Waals surface area (Å²) in [6, 6.07) is 13.8. The van der Waals surface area contributed by atoms with Crippen LogP contribution in [0.4, 0.5) is 5.69 Å². The fraction of sp³-hybridized carbons (Fsp3) is 0.111. The van der Waals surface area contributed by atoms with Crippen LogP contribution in [0.1, 0.15) is 5.76 Å². The van der Waals surface area contributed by atoms with Crippen molar-refractivity contribution in [2.75, 3.05) is 13.7 Å². The van der Waals surface area contributed by atoms with Gasteiger partial charge in [0.25, 0.3) is 12.5 Å². The van der Waals surface area contributed by atoms with Crippen molar-refractivity contribution in [1.82, 2.24) is 5.43 Å². The zero-order valence-electron chi connectivity index (χ0n) is 14.3. The molecule has 1 aromatic heterocycles. The Hall–Kier alpha value is -3.88. The number of fused-ring (bicyclic) bond motifs is 1. The first kappa shape index (κ1) is 17.9. The molecular formula is C18H16N4O5. The van der Waals surface area contributed by atoms with Crippen molar-refractivity contribution in [2.45, 2.75) is 0 Å². The van der Waals surface area contributed by atoms with E-state index in [1.54, 1.807) is 55.6 Å². The number of nitrogens with zero attached hydrogens (tertiary/aromatic N) is 3. The Bertz CT molecular complexity index is 1010. The topological polar surface area (TPSA) is 122 Å². The lowest BCUT2D eigenvalue weighted by molar-refractivity contribution is -0.463. The van der Waals surface area contributed by atoms with Gasteiger partial charge in [-0.1, -0.05) is 18.2 Å². The molecule has 2 N–H and O–H groups in total. The van der Waals surface area contributed by atoms with Gasteiger partial charge in [-0.3, -0.25) is 15.5 Å². The quantitative estimate of drug-likeness (QED) is 0.298. The van der Waals surface area contributed by atoms with Crippen molar-refractivity contribution in [1.29, 1.82) is 0 Å². The number of ether oxygens (including phenoxy) is 1. The van der Waals surface area contributed by atoms with Crippen molar-refractivity contribution < 1.29 is 19.2 Å². The number of nitrogens with one attached hydrogen (secondary N) is 1. The molecule has 3 aromatic rings. The lowest BCUT2D eigenvalue weighted by atomic mass is 10.2. The van der Waals surface area contributed by atoms with Crippen LogP contribution in [-0.4, -0.2) is 35.7 Å². The lowest BCUT2D eigenvalue weighted by Gasteiger charge is -2.03. The molecule has 0 aliphatic heterocycles. The van der Waals surface area contributed by atoms with E-state index in [1.807, 2.05) is 0 Å². The summed E-state index contributed by atoms with van der Waals surface area (Å²) >= 11 is 0. The third-order valence-electron chi connectivity index (χ3n) is 3.62. The van der Waals surface area contributed by atoms with E-state index in [1.165, 1.54) is 6.21 Å². The first-order valence-electron chi connectivity index (χ1n) is 7.90. The Morgan fingerprint density at radius 1 is 1.26 bits per heavy atom. The third-order valence-corrected chi connectivity index (χ3v) is 3.62. The molecule has 9 nitrogen and oxygen atoms in total. The van der Waals surface area contributed by atoms with Crippen LogP contribution in [0.25, 0.3) is 10.8 Å². The first-order chi connectivity index (χ1) is 13.1. The molecule has 0 aliphatic rings. The molecule has 2 aromatic carbocycles. The molecule has 0 saturated heterocycles. The predicted octanol–water partition coefficient (Wildman–Crippen LogP) is 3.08. The fourth-order valence-electron chi connectivity index (χ4n) is 2.39. The highest BCUT2D eigenvalue weighted by Crippen LogP contribution is 2.29. The van der Waals surface area contributed by atoms with Crippen molar-refractivity contribution in [2.24, 2.45) is 10.1 Å². The number of hydrogen-bond donors (Lipinski definition) is 2. The number of rotatable bonds is 6. The van der Waals surface area contributed by atoms with Gasteiger partial charge in [0.1, 0.15) is 5.75 Å². The molecule has 0 fully saturated rings. The summed E-state index contributed by atoms with van der Waals surface area (Å²) in [4.78, 5) is 14.5. The summed E-state index contributed by atoms with van der Waals surface area (Å²) in [6.07, 6.45) is 1.32. The average Bonchev–Trinajstić information content (AvgIpc) is 2.98. The highest BCUT2D eigenvalue weighted by atomic mass is 16.6. The number of furan rings is 1. The minimum Gasteiger partial charge on any atom is -0.497 e. The summed E-state index contributed by atoms with van der Waals surface area (Å²) in [5.74, 6) is 0.798. The third kappa shape index (κ3) is 4.40. The predicted molar refractivity (Wildman–Crippen MR) is 101 cm³/mol. The summed E-state index contributed by atoms with van der Waals surface area (Å²) in [5, 5.41) is 25.8. The molecule has 1 heterocycles. The van der Waals surface area contributed by atoms with E-state index in [-0.39, 0.29) is 11.8 Å². The van der Waals surface area contributed by atoms with E-state index in [9.17, 15) is 15.2 Å². The van der Waals surface area contributed by atoms with Gasteiger partial charge < -0.3 is 14.3 Å². The zero-order chi connectivity index (χ0) is 19.2. The molecule has 3 rings (SSSR count). The van der Waals surface area contributed by atoms with Crippen molar-refractivity contribution in [3.8, 4) is 11.7 Å². The Morgan fingerprint density at radius 3 is 2.63 bits per heavy atom. The number of hydrazone groups is 1. The lowest BCUT2D eigenvalue weighted by Crippen LogP contribution is -2.26. The van der Waals surface area contributed by atoms with E-state index in [0.29, 0.717) is 28.0 Å². The minimum absolute atomic E-state index is 0.0431. The molecule has 0 aliphatic carbocycles. The van der Waals surface area contributed by atoms with E-state index < -0.39 is 11.5 Å². The van der Waals surface area contributed by atoms with Gasteiger partial charge in [-0.05, 0) is 30.3 Å². The van der Waals surface area contributed by atoms with Crippen molar-refractivity contribution >= 4 is 28.5 Å². The average molecular weight is 368 g/mol. The second kappa shape index (κ2) is 8.00. The number of amidine groups is 1. The normalized spacial score (nSPS) is 11.8. The summed E-state index contributed by atoms with van der Waals surface area (Å²) in [5.41, 5.74) is 3.07. The maximum Gasteiger partial charge on any atom is 0.290 e.